The molecule has 0 radical (unpaired) electrons. The molecule has 0 atom stereocenters. The highest BCUT2D eigenvalue weighted by Crippen LogP contribution is 2.14. The van der Waals surface area contributed by atoms with Crippen LogP contribution in [0.3, 0.4) is 0 Å². The summed E-state index contributed by atoms with van der Waals surface area (Å²) in [6.45, 7) is 0. The first-order chi connectivity index (χ1) is 8.74. The van der Waals surface area contributed by atoms with Gasteiger partial charge in [-0.3, -0.25) is 4.72 Å². The van der Waals surface area contributed by atoms with Crippen LogP contribution in [0.25, 0.3) is 0 Å². The van der Waals surface area contributed by atoms with Crippen LogP contribution in [0.5, 0.6) is 0 Å². The van der Waals surface area contributed by atoms with E-state index in [4.69, 9.17) is 0 Å². The molecule has 0 fully saturated rings. The van der Waals surface area contributed by atoms with Crippen LogP contribution in [0.2, 0.25) is 0 Å². The molecular formula is C12H13N3O2S. The summed E-state index contributed by atoms with van der Waals surface area (Å²) in [7, 11) is -2.62. The first-order valence-electron chi connectivity index (χ1n) is 5.32. The van der Waals surface area contributed by atoms with Gasteiger partial charge in [0.05, 0.1) is 11.4 Å². The molecule has 94 valence electrons. The normalized spacial score (nSPS) is 10.1. The first kappa shape index (κ1) is 12.3. The van der Waals surface area contributed by atoms with Crippen LogP contribution < -0.4 is 15.6 Å². The summed E-state index contributed by atoms with van der Waals surface area (Å²) in [5.41, 5.74) is 8.37. The van der Waals surface area contributed by atoms with Crippen LogP contribution in [0.15, 0.2) is 54.6 Å². The summed E-state index contributed by atoms with van der Waals surface area (Å²) < 4.78 is 23.2. The predicted molar refractivity (Wildman–Crippen MR) is 74.1 cm³/mol. The standard InChI is InChI=1S/C12H13N3O2S/c16-18(17)15-12-8-6-11(7-9-12)14-13-10-4-2-1-3-5-10/h1-9,13-14,18H,(H,15,16,17). The molecule has 0 aliphatic rings. The van der Waals surface area contributed by atoms with Gasteiger partial charge in [0.25, 0.3) is 0 Å². The number of hydrogen-bond donors (Lipinski definition) is 4. The maximum atomic E-state index is 10.5. The third-order valence-corrected chi connectivity index (χ3v) is 2.67. The highest BCUT2D eigenvalue weighted by molar-refractivity contribution is 7.73. The highest BCUT2D eigenvalue weighted by atomic mass is 32.2. The van der Waals surface area contributed by atoms with Crippen molar-refractivity contribution in [2.75, 3.05) is 15.6 Å². The van der Waals surface area contributed by atoms with Crippen molar-refractivity contribution in [1.82, 2.24) is 0 Å². The minimum absolute atomic E-state index is 0.538. The molecule has 0 amide bonds. The Kier molecular flexibility index (Phi) is 4.03. The second-order valence-corrected chi connectivity index (χ2v) is 4.30. The molecule has 0 aliphatic carbocycles. The van der Waals surface area contributed by atoms with E-state index < -0.39 is 10.9 Å². The third kappa shape index (κ3) is 3.67. The monoisotopic (exact) mass is 263 g/mol. The van der Waals surface area contributed by atoms with Crippen molar-refractivity contribution < 1.29 is 8.42 Å². The summed E-state index contributed by atoms with van der Waals surface area (Å²) in [6.07, 6.45) is 0. The molecule has 0 heterocycles. The van der Waals surface area contributed by atoms with E-state index in [0.29, 0.717) is 5.69 Å². The Bertz CT molecular complexity index is 560. The van der Waals surface area contributed by atoms with Gasteiger partial charge < -0.3 is 10.9 Å². The molecule has 0 spiro atoms. The minimum Gasteiger partial charge on any atom is -0.301 e. The van der Waals surface area contributed by atoms with Gasteiger partial charge in [0.1, 0.15) is 0 Å². The van der Waals surface area contributed by atoms with Crippen molar-refractivity contribution in [3.63, 3.8) is 0 Å². The second-order valence-electron chi connectivity index (χ2n) is 3.56. The van der Waals surface area contributed by atoms with Crippen LogP contribution in [-0.4, -0.2) is 8.42 Å². The summed E-state index contributed by atoms with van der Waals surface area (Å²) >= 11 is 0. The van der Waals surface area contributed by atoms with Crippen LogP contribution in [0, 0.1) is 0 Å². The van der Waals surface area contributed by atoms with Crippen LogP contribution in [-0.2, 0) is 10.9 Å². The van der Waals surface area contributed by atoms with Crippen molar-refractivity contribution in [3.8, 4) is 0 Å². The van der Waals surface area contributed by atoms with Crippen LogP contribution in [0.1, 0.15) is 0 Å². The van der Waals surface area contributed by atoms with Gasteiger partial charge in [-0.15, -0.1) is 0 Å². The largest absolute Gasteiger partial charge is 0.301 e. The van der Waals surface area contributed by atoms with Gasteiger partial charge in [-0.25, -0.2) is 8.42 Å². The van der Waals surface area contributed by atoms with Crippen LogP contribution >= 0.6 is 0 Å². The van der Waals surface area contributed by atoms with Gasteiger partial charge in [0.2, 0.25) is 10.9 Å². The molecule has 6 heteroatoms. The number of hydrazine groups is 1. The van der Waals surface area contributed by atoms with Crippen molar-refractivity contribution in [1.29, 1.82) is 0 Å². The molecular weight excluding hydrogens is 250 g/mol. The van der Waals surface area contributed by atoms with Gasteiger partial charge in [-0.1, -0.05) is 18.2 Å². The second kappa shape index (κ2) is 5.92. The number of nitrogens with one attached hydrogen (secondary N) is 3. The Balaban J connectivity index is 1.94. The minimum atomic E-state index is -2.62. The SMILES string of the molecule is O=[SH](=O)Nc1ccc(NNc2ccccc2)cc1. The Morgan fingerprint density at radius 1 is 0.667 bits per heavy atom. The van der Waals surface area contributed by atoms with Crippen LogP contribution in [0.4, 0.5) is 17.1 Å². The van der Waals surface area contributed by atoms with Gasteiger partial charge in [-0.05, 0) is 36.4 Å². The molecule has 0 bridgehead atoms. The molecule has 0 aromatic heterocycles. The number of hydrogen-bond acceptors (Lipinski definition) is 4. The Morgan fingerprint density at radius 3 is 1.72 bits per heavy atom. The molecule has 3 N–H and O–H groups in total. The zero-order valence-electron chi connectivity index (χ0n) is 9.46. The van der Waals surface area contributed by atoms with Crippen molar-refractivity contribution in [3.05, 3.63) is 54.6 Å². The van der Waals surface area contributed by atoms with E-state index in [1.54, 1.807) is 24.3 Å². The number of anilines is 3. The van der Waals surface area contributed by atoms with E-state index in [9.17, 15) is 8.42 Å². The lowest BCUT2D eigenvalue weighted by Gasteiger charge is -2.09. The lowest BCUT2D eigenvalue weighted by atomic mass is 10.3. The molecule has 2 rings (SSSR count). The van der Waals surface area contributed by atoms with Gasteiger partial charge in [-0.2, -0.15) is 0 Å². The van der Waals surface area contributed by atoms with E-state index in [-0.39, 0.29) is 0 Å². The molecule has 2 aromatic carbocycles. The zero-order valence-corrected chi connectivity index (χ0v) is 10.4. The van der Waals surface area contributed by atoms with E-state index >= 15 is 0 Å². The number of thiol groups is 1. The lowest BCUT2D eigenvalue weighted by molar-refractivity contribution is 0.619. The van der Waals surface area contributed by atoms with Crippen molar-refractivity contribution in [2.24, 2.45) is 0 Å². The van der Waals surface area contributed by atoms with Crippen molar-refractivity contribution in [2.45, 2.75) is 0 Å². The van der Waals surface area contributed by atoms with Gasteiger partial charge in [0.15, 0.2) is 0 Å². The summed E-state index contributed by atoms with van der Waals surface area (Å²) in [5, 5.41) is 0. The predicted octanol–water partition coefficient (Wildman–Crippen LogP) is 2.06. The fourth-order valence-electron chi connectivity index (χ4n) is 1.40. The topological polar surface area (TPSA) is 70.2 Å². The van der Waals surface area contributed by atoms with Crippen molar-refractivity contribution >= 4 is 28.0 Å². The average Bonchev–Trinajstić information content (AvgIpc) is 2.38. The van der Waals surface area contributed by atoms with E-state index in [0.717, 1.165) is 11.4 Å². The van der Waals surface area contributed by atoms with Gasteiger partial charge in [0, 0.05) is 5.69 Å². The molecule has 0 aliphatic heterocycles. The quantitative estimate of drug-likeness (QED) is 0.492. The lowest BCUT2D eigenvalue weighted by Crippen LogP contribution is -2.08. The molecule has 2 aromatic rings. The maximum absolute atomic E-state index is 10.5. The smallest absolute Gasteiger partial charge is 0.222 e. The summed E-state index contributed by atoms with van der Waals surface area (Å²) in [6, 6.07) is 16.6. The molecule has 5 nitrogen and oxygen atoms in total. The molecule has 0 unspecified atom stereocenters. The third-order valence-electron chi connectivity index (χ3n) is 2.23. The number of rotatable bonds is 5. The van der Waals surface area contributed by atoms with E-state index in [1.807, 2.05) is 30.3 Å². The molecule has 0 saturated carbocycles. The average molecular weight is 263 g/mol. The summed E-state index contributed by atoms with van der Waals surface area (Å²) in [5.74, 6) is 0. The maximum Gasteiger partial charge on any atom is 0.222 e. The first-order valence-corrected chi connectivity index (χ1v) is 6.50. The Labute approximate surface area is 107 Å². The summed E-state index contributed by atoms with van der Waals surface area (Å²) in [4.78, 5) is 0. The fraction of sp³-hybridized carbons (Fsp3) is 0. The number of benzene rings is 2. The Morgan fingerprint density at radius 2 is 1.17 bits per heavy atom. The fourth-order valence-corrected chi connectivity index (χ4v) is 1.76. The zero-order chi connectivity index (χ0) is 12.8. The van der Waals surface area contributed by atoms with E-state index in [2.05, 4.69) is 15.6 Å². The molecule has 0 saturated heterocycles. The highest BCUT2D eigenvalue weighted by Gasteiger charge is 1.94. The Hall–Kier alpha value is -2.21. The number of para-hydroxylation sites is 1. The molecule has 18 heavy (non-hydrogen) atoms. The van der Waals surface area contributed by atoms with Gasteiger partial charge >= 0.3 is 0 Å². The van der Waals surface area contributed by atoms with E-state index in [1.165, 1.54) is 0 Å².